The van der Waals surface area contributed by atoms with Gasteiger partial charge in [0.05, 0.1) is 6.61 Å². The molecule has 168 valence electrons. The Labute approximate surface area is 198 Å². The van der Waals surface area contributed by atoms with Crippen molar-refractivity contribution >= 4 is 40.0 Å². The number of carbonyl (C=O) groups excluding carboxylic acids is 1. The van der Waals surface area contributed by atoms with Crippen LogP contribution in [0.1, 0.15) is 34.8 Å². The first-order valence-corrected chi connectivity index (χ1v) is 11.2. The molecule has 7 heteroatoms. The zero-order valence-electron chi connectivity index (χ0n) is 18.8. The van der Waals surface area contributed by atoms with Crippen LogP contribution < -0.4 is 15.4 Å². The second-order valence-electron chi connectivity index (χ2n) is 7.86. The van der Waals surface area contributed by atoms with Crippen LogP contribution in [0.2, 0.25) is 0 Å². The number of aromatic nitrogens is 1. The molecule has 1 aromatic heterocycles. The summed E-state index contributed by atoms with van der Waals surface area (Å²) in [5.41, 5.74) is 5.81. The molecule has 0 fully saturated rings. The van der Waals surface area contributed by atoms with Gasteiger partial charge >= 0.3 is 0 Å². The van der Waals surface area contributed by atoms with E-state index in [9.17, 15) is 4.79 Å². The van der Waals surface area contributed by atoms with Crippen molar-refractivity contribution in [1.82, 2.24) is 10.3 Å². The van der Waals surface area contributed by atoms with Crippen LogP contribution in [-0.4, -0.2) is 22.6 Å². The molecule has 0 aliphatic heterocycles. The molecule has 0 spiro atoms. The lowest BCUT2D eigenvalue weighted by Gasteiger charge is -2.10. The number of benzene rings is 3. The van der Waals surface area contributed by atoms with Gasteiger partial charge in [0.15, 0.2) is 10.7 Å². The number of carbonyl (C=O) groups is 1. The SMILES string of the molecule is CCCOc1ccc(C(=O)NC(=S)Nc2ccc3oc(-c4cc(C)cc(C)c4)nc3c2)cc1. The van der Waals surface area contributed by atoms with E-state index in [1.807, 2.05) is 51.1 Å². The normalized spacial score (nSPS) is 10.8. The predicted molar refractivity (Wildman–Crippen MR) is 135 cm³/mol. The topological polar surface area (TPSA) is 76.4 Å². The van der Waals surface area contributed by atoms with Gasteiger partial charge in [-0.2, -0.15) is 0 Å². The molecule has 0 radical (unpaired) electrons. The van der Waals surface area contributed by atoms with Crippen LogP contribution in [0.5, 0.6) is 5.75 Å². The highest BCUT2D eigenvalue weighted by Gasteiger charge is 2.12. The summed E-state index contributed by atoms with van der Waals surface area (Å²) < 4.78 is 11.5. The van der Waals surface area contributed by atoms with E-state index in [2.05, 4.69) is 21.7 Å². The molecule has 0 saturated heterocycles. The summed E-state index contributed by atoms with van der Waals surface area (Å²) >= 11 is 5.32. The van der Waals surface area contributed by atoms with E-state index in [1.165, 1.54) is 0 Å². The Morgan fingerprint density at radius 3 is 2.45 bits per heavy atom. The quantitative estimate of drug-likeness (QED) is 0.343. The summed E-state index contributed by atoms with van der Waals surface area (Å²) in [6.07, 6.45) is 0.926. The summed E-state index contributed by atoms with van der Waals surface area (Å²) in [6, 6.07) is 18.7. The fraction of sp³-hybridized carbons (Fsp3) is 0.192. The maximum Gasteiger partial charge on any atom is 0.257 e. The second kappa shape index (κ2) is 9.83. The minimum atomic E-state index is -0.297. The van der Waals surface area contributed by atoms with Gasteiger partial charge in [0, 0.05) is 16.8 Å². The van der Waals surface area contributed by atoms with Crippen LogP contribution in [0, 0.1) is 13.8 Å². The molecule has 33 heavy (non-hydrogen) atoms. The fourth-order valence-electron chi connectivity index (χ4n) is 3.49. The number of rotatable bonds is 6. The van der Waals surface area contributed by atoms with Crippen molar-refractivity contribution in [2.24, 2.45) is 0 Å². The minimum Gasteiger partial charge on any atom is -0.494 e. The van der Waals surface area contributed by atoms with Crippen molar-refractivity contribution in [3.63, 3.8) is 0 Å². The maximum atomic E-state index is 12.5. The lowest BCUT2D eigenvalue weighted by atomic mass is 10.1. The van der Waals surface area contributed by atoms with Gasteiger partial charge in [0.25, 0.3) is 5.91 Å². The van der Waals surface area contributed by atoms with Crippen LogP contribution in [0.3, 0.4) is 0 Å². The predicted octanol–water partition coefficient (Wildman–Crippen LogP) is 6.03. The summed E-state index contributed by atoms with van der Waals surface area (Å²) in [4.78, 5) is 17.1. The molecule has 3 aromatic carbocycles. The Bertz CT molecular complexity index is 1290. The van der Waals surface area contributed by atoms with Gasteiger partial charge in [-0.05, 0) is 87.1 Å². The molecule has 0 saturated carbocycles. The molecule has 6 nitrogen and oxygen atoms in total. The largest absolute Gasteiger partial charge is 0.494 e. The molecule has 0 aliphatic carbocycles. The molecule has 4 aromatic rings. The third-order valence-electron chi connectivity index (χ3n) is 4.93. The number of thiocarbonyl (C=S) groups is 1. The van der Waals surface area contributed by atoms with Crippen molar-refractivity contribution in [3.05, 3.63) is 77.4 Å². The van der Waals surface area contributed by atoms with E-state index in [0.29, 0.717) is 34.8 Å². The lowest BCUT2D eigenvalue weighted by molar-refractivity contribution is 0.0977. The number of aryl methyl sites for hydroxylation is 2. The van der Waals surface area contributed by atoms with Gasteiger partial charge in [0.2, 0.25) is 5.89 Å². The Kier molecular flexibility index (Phi) is 6.70. The van der Waals surface area contributed by atoms with Crippen molar-refractivity contribution in [2.75, 3.05) is 11.9 Å². The first kappa shape index (κ1) is 22.5. The van der Waals surface area contributed by atoms with E-state index in [1.54, 1.807) is 24.3 Å². The van der Waals surface area contributed by atoms with Crippen molar-refractivity contribution in [2.45, 2.75) is 27.2 Å². The van der Waals surface area contributed by atoms with E-state index in [4.69, 9.17) is 21.4 Å². The van der Waals surface area contributed by atoms with Gasteiger partial charge in [-0.1, -0.05) is 24.1 Å². The number of fused-ring (bicyclic) bond motifs is 1. The first-order chi connectivity index (χ1) is 15.9. The highest BCUT2D eigenvalue weighted by molar-refractivity contribution is 7.80. The highest BCUT2D eigenvalue weighted by atomic mass is 32.1. The molecular weight excluding hydrogens is 434 g/mol. The number of amides is 1. The molecule has 0 aliphatic rings. The van der Waals surface area contributed by atoms with Crippen LogP contribution in [0.15, 0.2) is 65.1 Å². The van der Waals surface area contributed by atoms with Gasteiger partial charge in [0.1, 0.15) is 11.3 Å². The number of oxazole rings is 1. The average molecular weight is 460 g/mol. The van der Waals surface area contributed by atoms with Crippen LogP contribution in [0.25, 0.3) is 22.6 Å². The van der Waals surface area contributed by atoms with Gasteiger partial charge in [-0.15, -0.1) is 0 Å². The lowest BCUT2D eigenvalue weighted by Crippen LogP contribution is -2.34. The minimum absolute atomic E-state index is 0.198. The van der Waals surface area contributed by atoms with Crippen LogP contribution in [-0.2, 0) is 0 Å². The van der Waals surface area contributed by atoms with Crippen molar-refractivity contribution in [3.8, 4) is 17.2 Å². The van der Waals surface area contributed by atoms with Gasteiger partial charge in [-0.25, -0.2) is 4.98 Å². The van der Waals surface area contributed by atoms with Gasteiger partial charge in [-0.3, -0.25) is 10.1 Å². The van der Waals surface area contributed by atoms with Gasteiger partial charge < -0.3 is 14.5 Å². The molecule has 1 amide bonds. The van der Waals surface area contributed by atoms with E-state index in [0.717, 1.165) is 28.9 Å². The van der Waals surface area contributed by atoms with Crippen LogP contribution >= 0.6 is 12.2 Å². The third-order valence-corrected chi connectivity index (χ3v) is 5.13. The van der Waals surface area contributed by atoms with E-state index >= 15 is 0 Å². The van der Waals surface area contributed by atoms with E-state index < -0.39 is 0 Å². The molecule has 0 atom stereocenters. The zero-order chi connectivity index (χ0) is 23.4. The average Bonchev–Trinajstić information content (AvgIpc) is 3.21. The summed E-state index contributed by atoms with van der Waals surface area (Å²) in [7, 11) is 0. The van der Waals surface area contributed by atoms with Crippen molar-refractivity contribution in [1.29, 1.82) is 0 Å². The number of nitrogens with zero attached hydrogens (tertiary/aromatic N) is 1. The molecular formula is C26H25N3O3S. The Hall–Kier alpha value is -3.71. The number of hydrogen-bond donors (Lipinski definition) is 2. The summed E-state index contributed by atoms with van der Waals surface area (Å²) in [5.74, 6) is 1.00. The number of nitrogens with one attached hydrogen (secondary N) is 2. The van der Waals surface area contributed by atoms with Crippen LogP contribution in [0.4, 0.5) is 5.69 Å². The second-order valence-corrected chi connectivity index (χ2v) is 8.27. The first-order valence-electron chi connectivity index (χ1n) is 10.8. The fourth-order valence-corrected chi connectivity index (χ4v) is 3.70. The molecule has 1 heterocycles. The monoisotopic (exact) mass is 459 g/mol. The van der Waals surface area contributed by atoms with E-state index in [-0.39, 0.29) is 11.0 Å². The third kappa shape index (κ3) is 5.56. The highest BCUT2D eigenvalue weighted by Crippen LogP contribution is 2.27. The number of hydrogen-bond acceptors (Lipinski definition) is 5. The Morgan fingerprint density at radius 2 is 1.76 bits per heavy atom. The molecule has 2 N–H and O–H groups in total. The Morgan fingerprint density at radius 1 is 1.03 bits per heavy atom. The number of ether oxygens (including phenoxy) is 1. The standard InChI is InChI=1S/C26H25N3O3S/c1-4-11-31-21-8-5-18(6-9-21)24(30)29-26(33)27-20-7-10-23-22(15-20)28-25(32-23)19-13-16(2)12-17(3)14-19/h5-10,12-15H,4,11H2,1-3H3,(H2,27,29,30,33). The summed E-state index contributed by atoms with van der Waals surface area (Å²) in [6.45, 7) is 6.78. The molecule has 0 bridgehead atoms. The van der Waals surface area contributed by atoms with Crippen molar-refractivity contribution < 1.29 is 13.9 Å². The zero-order valence-corrected chi connectivity index (χ0v) is 19.6. The molecule has 0 unspecified atom stereocenters. The maximum absolute atomic E-state index is 12.5. The smallest absolute Gasteiger partial charge is 0.257 e. The Balaban J connectivity index is 1.42. The summed E-state index contributed by atoms with van der Waals surface area (Å²) in [5, 5.41) is 5.93. The number of anilines is 1. The molecule has 4 rings (SSSR count).